The summed E-state index contributed by atoms with van der Waals surface area (Å²) in [5.41, 5.74) is 0. The molecule has 1 rings (SSSR count). The predicted molar refractivity (Wildman–Crippen MR) is 38.2 cm³/mol. The fraction of sp³-hybridized carbons (Fsp3) is 0.400. The lowest BCUT2D eigenvalue weighted by molar-refractivity contribution is 0.184. The Morgan fingerprint density at radius 2 is 2.67 bits per heavy atom. The Labute approximate surface area is 59.3 Å². The average molecular weight is 139 g/mol. The second-order valence-electron chi connectivity index (χ2n) is 1.59. The van der Waals surface area contributed by atoms with Crippen molar-refractivity contribution in [1.29, 1.82) is 0 Å². The Morgan fingerprint density at radius 3 is 3.11 bits per heavy atom. The molecule has 0 aliphatic carbocycles. The summed E-state index contributed by atoms with van der Waals surface area (Å²) >= 11 is 1.45. The van der Waals surface area contributed by atoms with Crippen molar-refractivity contribution in [3.63, 3.8) is 0 Å². The van der Waals surface area contributed by atoms with Gasteiger partial charge >= 0.3 is 0 Å². The Morgan fingerprint density at radius 1 is 1.89 bits per heavy atom. The van der Waals surface area contributed by atoms with Crippen molar-refractivity contribution < 1.29 is 4.74 Å². The largest absolute Gasteiger partial charge is 0.378 e. The molecule has 0 atom stereocenters. The molecule has 0 spiro atoms. The smallest absolute Gasteiger partial charge is 0.131 e. The van der Waals surface area contributed by atoms with Gasteiger partial charge in [0, 0.05) is 13.3 Å². The normalized spacial score (nSPS) is 9.89. The summed E-state index contributed by atoms with van der Waals surface area (Å²) in [5.74, 6) is 0. The monoisotopic (exact) mass is 139 g/mol. The van der Waals surface area contributed by atoms with Crippen LogP contribution in [0.2, 0.25) is 0 Å². The van der Waals surface area contributed by atoms with Crippen LogP contribution >= 0.6 is 11.3 Å². The first kappa shape index (κ1) is 6.77. The van der Waals surface area contributed by atoms with E-state index in [-0.39, 0.29) is 0 Å². The van der Waals surface area contributed by atoms with Gasteiger partial charge in [-0.15, -0.1) is 11.3 Å². The summed E-state index contributed by atoms with van der Waals surface area (Å²) in [5, 5.41) is 0.926. The topological polar surface area (TPSA) is 22.1 Å². The Balaban J connectivity index is 2.61. The summed E-state index contributed by atoms with van der Waals surface area (Å²) in [6.45, 7) is 0.557. The SMILES string of the molecule is [B]c1cnc(COC)s1. The van der Waals surface area contributed by atoms with Gasteiger partial charge in [-0.3, -0.25) is 0 Å². The van der Waals surface area contributed by atoms with Gasteiger partial charge in [-0.1, -0.05) is 0 Å². The average Bonchev–Trinajstić information content (AvgIpc) is 2.17. The third kappa shape index (κ3) is 1.80. The molecule has 0 aliphatic rings. The van der Waals surface area contributed by atoms with Crippen molar-refractivity contribution in [1.82, 2.24) is 4.98 Å². The fourth-order valence-electron chi connectivity index (χ4n) is 0.515. The van der Waals surface area contributed by atoms with E-state index in [0.29, 0.717) is 6.61 Å². The highest BCUT2D eigenvalue weighted by molar-refractivity contribution is 7.19. The minimum absolute atomic E-state index is 0.557. The number of ether oxygens (including phenoxy) is 1. The van der Waals surface area contributed by atoms with Gasteiger partial charge in [-0.05, 0) is 4.78 Å². The second kappa shape index (κ2) is 2.99. The molecule has 2 radical (unpaired) electrons. The van der Waals surface area contributed by atoms with E-state index in [1.54, 1.807) is 13.3 Å². The molecule has 1 aromatic heterocycles. The molecule has 0 saturated carbocycles. The molecule has 0 amide bonds. The summed E-state index contributed by atoms with van der Waals surface area (Å²) in [4.78, 5) is 3.97. The highest BCUT2D eigenvalue weighted by Gasteiger charge is 1.94. The van der Waals surface area contributed by atoms with Crippen molar-refractivity contribution in [3.8, 4) is 0 Å². The number of hydrogen-bond donors (Lipinski definition) is 0. The van der Waals surface area contributed by atoms with Crippen LogP contribution in [-0.2, 0) is 11.3 Å². The first-order chi connectivity index (χ1) is 4.33. The lowest BCUT2D eigenvalue weighted by Crippen LogP contribution is -1.89. The van der Waals surface area contributed by atoms with Crippen molar-refractivity contribution in [2.75, 3.05) is 7.11 Å². The van der Waals surface area contributed by atoms with Crippen molar-refractivity contribution in [3.05, 3.63) is 11.2 Å². The van der Waals surface area contributed by atoms with Crippen LogP contribution in [0.25, 0.3) is 0 Å². The van der Waals surface area contributed by atoms with Crippen LogP contribution in [0.3, 0.4) is 0 Å². The maximum absolute atomic E-state index is 5.41. The Bertz CT molecular complexity index is 189. The number of methoxy groups -OCH3 is 1. The van der Waals surface area contributed by atoms with E-state index in [1.165, 1.54) is 11.3 Å². The highest BCUT2D eigenvalue weighted by Crippen LogP contribution is 2.00. The van der Waals surface area contributed by atoms with Gasteiger partial charge in [0.15, 0.2) is 0 Å². The molecule has 0 bridgehead atoms. The first-order valence-corrected chi connectivity index (χ1v) is 3.33. The molecule has 0 unspecified atom stereocenters. The van der Waals surface area contributed by atoms with Crippen molar-refractivity contribution >= 4 is 24.0 Å². The summed E-state index contributed by atoms with van der Waals surface area (Å²) in [7, 11) is 7.05. The fourth-order valence-corrected chi connectivity index (χ4v) is 1.17. The quantitative estimate of drug-likeness (QED) is 0.541. The van der Waals surface area contributed by atoms with E-state index in [2.05, 4.69) is 4.98 Å². The summed E-state index contributed by atoms with van der Waals surface area (Å²) in [6.07, 6.45) is 1.64. The van der Waals surface area contributed by atoms with Gasteiger partial charge < -0.3 is 4.74 Å². The molecule has 1 aromatic rings. The summed E-state index contributed by atoms with van der Waals surface area (Å²) in [6, 6.07) is 0. The molecule has 9 heavy (non-hydrogen) atoms. The van der Waals surface area contributed by atoms with Gasteiger partial charge in [0.05, 0.1) is 6.61 Å². The molecule has 0 aromatic carbocycles. The van der Waals surface area contributed by atoms with Gasteiger partial charge in [0.2, 0.25) is 0 Å². The highest BCUT2D eigenvalue weighted by atomic mass is 32.1. The molecule has 0 fully saturated rings. The molecule has 0 N–H and O–H groups in total. The predicted octanol–water partition coefficient (Wildman–Crippen LogP) is 0.0833. The zero-order chi connectivity index (χ0) is 6.69. The number of hydrogen-bond acceptors (Lipinski definition) is 3. The van der Waals surface area contributed by atoms with E-state index in [1.807, 2.05) is 0 Å². The molecular formula is C5H6BNOS. The standard InChI is InChI=1S/C5H6BNOS/c1-8-3-5-7-2-4(6)9-5/h2H,3H2,1H3. The lowest BCUT2D eigenvalue weighted by Gasteiger charge is -1.88. The van der Waals surface area contributed by atoms with Crippen molar-refractivity contribution in [2.24, 2.45) is 0 Å². The minimum atomic E-state index is 0.557. The van der Waals surface area contributed by atoms with Crippen LogP contribution in [-0.4, -0.2) is 19.9 Å². The zero-order valence-electron chi connectivity index (χ0n) is 5.13. The molecular weight excluding hydrogens is 133 g/mol. The van der Waals surface area contributed by atoms with Crippen LogP contribution in [0.5, 0.6) is 0 Å². The van der Waals surface area contributed by atoms with Crippen LogP contribution in [0.15, 0.2) is 6.20 Å². The number of aromatic nitrogens is 1. The van der Waals surface area contributed by atoms with Gasteiger partial charge in [-0.2, -0.15) is 0 Å². The van der Waals surface area contributed by atoms with E-state index < -0.39 is 0 Å². The second-order valence-corrected chi connectivity index (χ2v) is 2.74. The number of thiazole rings is 1. The zero-order valence-corrected chi connectivity index (χ0v) is 5.94. The third-order valence-corrected chi connectivity index (χ3v) is 1.64. The molecule has 46 valence electrons. The summed E-state index contributed by atoms with van der Waals surface area (Å²) < 4.78 is 5.57. The molecule has 2 nitrogen and oxygen atoms in total. The Kier molecular flexibility index (Phi) is 2.25. The van der Waals surface area contributed by atoms with Crippen molar-refractivity contribution in [2.45, 2.75) is 6.61 Å². The van der Waals surface area contributed by atoms with Crippen LogP contribution < -0.4 is 4.78 Å². The maximum Gasteiger partial charge on any atom is 0.131 e. The lowest BCUT2D eigenvalue weighted by atomic mass is 10.1. The maximum atomic E-state index is 5.41. The first-order valence-electron chi connectivity index (χ1n) is 2.52. The van der Waals surface area contributed by atoms with Crippen LogP contribution in [0, 0.1) is 0 Å². The van der Waals surface area contributed by atoms with Crippen LogP contribution in [0.4, 0.5) is 0 Å². The van der Waals surface area contributed by atoms with E-state index in [9.17, 15) is 0 Å². The number of rotatable bonds is 2. The molecule has 4 heteroatoms. The molecule has 0 aliphatic heterocycles. The van der Waals surface area contributed by atoms with E-state index in [0.717, 1.165) is 9.78 Å². The number of nitrogens with zero attached hydrogens (tertiary/aromatic N) is 1. The van der Waals surface area contributed by atoms with Gasteiger partial charge in [-0.25, -0.2) is 4.98 Å². The molecule has 1 heterocycles. The van der Waals surface area contributed by atoms with Crippen LogP contribution in [0.1, 0.15) is 5.01 Å². The third-order valence-electron chi connectivity index (χ3n) is 0.839. The van der Waals surface area contributed by atoms with Gasteiger partial charge in [0.25, 0.3) is 0 Å². The molecule has 0 saturated heterocycles. The van der Waals surface area contributed by atoms with E-state index in [4.69, 9.17) is 12.6 Å². The minimum Gasteiger partial charge on any atom is -0.378 e. The van der Waals surface area contributed by atoms with Gasteiger partial charge in [0.1, 0.15) is 12.9 Å². The van der Waals surface area contributed by atoms with E-state index >= 15 is 0 Å². The Hall–Kier alpha value is -0.345.